The lowest BCUT2D eigenvalue weighted by molar-refractivity contribution is -0.125. The first kappa shape index (κ1) is 19.4. The molecule has 2 aromatic carbocycles. The van der Waals surface area contributed by atoms with E-state index >= 15 is 0 Å². The molecule has 0 atom stereocenters. The number of rotatable bonds is 8. The van der Waals surface area contributed by atoms with Crippen LogP contribution >= 0.6 is 0 Å². The van der Waals surface area contributed by atoms with E-state index in [4.69, 9.17) is 5.73 Å². The zero-order chi connectivity index (χ0) is 20.1. The summed E-state index contributed by atoms with van der Waals surface area (Å²) < 4.78 is 2.25. The number of primary amides is 1. The molecule has 0 saturated heterocycles. The monoisotopic (exact) mass is 380 g/mol. The van der Waals surface area contributed by atoms with Crippen LogP contribution in [0, 0.1) is 0 Å². The standard InChI is InChI=1S/C21H24N4O3/c1-2-25-17-7-4-3-6-15(17)16-12-14(10-11-18(16)25)24-21(28)9-5-8-20(27)23-13-19(22)26/h3-4,6-7,10-12H,2,5,8-9,13H2,1H3,(H2,22,26)(H,23,27)(H,24,28). The smallest absolute Gasteiger partial charge is 0.236 e. The van der Waals surface area contributed by atoms with Crippen LogP contribution in [0.25, 0.3) is 21.8 Å². The average molecular weight is 380 g/mol. The molecule has 3 aromatic rings. The van der Waals surface area contributed by atoms with Crippen molar-refractivity contribution in [1.82, 2.24) is 9.88 Å². The van der Waals surface area contributed by atoms with Gasteiger partial charge in [-0.2, -0.15) is 0 Å². The van der Waals surface area contributed by atoms with E-state index in [0.29, 0.717) is 6.42 Å². The Hall–Kier alpha value is -3.35. The van der Waals surface area contributed by atoms with Crippen LogP contribution in [0.15, 0.2) is 42.5 Å². The number of benzene rings is 2. The van der Waals surface area contributed by atoms with Crippen molar-refractivity contribution in [3.8, 4) is 0 Å². The Kier molecular flexibility index (Phi) is 5.93. The molecule has 0 bridgehead atoms. The van der Waals surface area contributed by atoms with Crippen LogP contribution in [0.1, 0.15) is 26.2 Å². The molecule has 0 saturated carbocycles. The van der Waals surface area contributed by atoms with E-state index in [1.165, 1.54) is 5.52 Å². The van der Waals surface area contributed by atoms with Crippen molar-refractivity contribution in [2.75, 3.05) is 11.9 Å². The molecule has 0 fully saturated rings. The number of nitrogens with zero attached hydrogens (tertiary/aromatic N) is 1. The van der Waals surface area contributed by atoms with Gasteiger partial charge in [0.1, 0.15) is 0 Å². The summed E-state index contributed by atoms with van der Waals surface area (Å²) in [6, 6.07) is 14.1. The zero-order valence-corrected chi connectivity index (χ0v) is 15.8. The van der Waals surface area contributed by atoms with Gasteiger partial charge in [-0.25, -0.2) is 0 Å². The zero-order valence-electron chi connectivity index (χ0n) is 15.8. The molecule has 7 heteroatoms. The third-order valence-electron chi connectivity index (χ3n) is 4.64. The van der Waals surface area contributed by atoms with Crippen LogP contribution < -0.4 is 16.4 Å². The van der Waals surface area contributed by atoms with Crippen LogP contribution in [0.2, 0.25) is 0 Å². The van der Waals surface area contributed by atoms with Crippen molar-refractivity contribution >= 4 is 45.2 Å². The number of hydrogen-bond acceptors (Lipinski definition) is 3. The summed E-state index contributed by atoms with van der Waals surface area (Å²) in [5.41, 5.74) is 8.00. The maximum absolute atomic E-state index is 12.2. The summed E-state index contributed by atoms with van der Waals surface area (Å²) in [4.78, 5) is 34.4. The lowest BCUT2D eigenvalue weighted by atomic mass is 10.1. The molecule has 28 heavy (non-hydrogen) atoms. The molecule has 4 N–H and O–H groups in total. The highest BCUT2D eigenvalue weighted by Gasteiger charge is 2.11. The van der Waals surface area contributed by atoms with Crippen molar-refractivity contribution in [3.05, 3.63) is 42.5 Å². The summed E-state index contributed by atoms with van der Waals surface area (Å²) in [6.45, 7) is 2.80. The Morgan fingerprint density at radius 2 is 1.68 bits per heavy atom. The van der Waals surface area contributed by atoms with Crippen molar-refractivity contribution in [1.29, 1.82) is 0 Å². The molecule has 1 aromatic heterocycles. The number of aryl methyl sites for hydroxylation is 1. The lowest BCUT2D eigenvalue weighted by Crippen LogP contribution is -2.33. The molecule has 3 rings (SSSR count). The summed E-state index contributed by atoms with van der Waals surface area (Å²) >= 11 is 0. The third kappa shape index (κ3) is 4.31. The van der Waals surface area contributed by atoms with Crippen molar-refractivity contribution < 1.29 is 14.4 Å². The van der Waals surface area contributed by atoms with Gasteiger partial charge in [0.25, 0.3) is 0 Å². The fourth-order valence-corrected chi connectivity index (χ4v) is 3.38. The second-order valence-corrected chi connectivity index (χ2v) is 6.64. The number of nitrogens with two attached hydrogens (primary N) is 1. The fraction of sp³-hybridized carbons (Fsp3) is 0.286. The third-order valence-corrected chi connectivity index (χ3v) is 4.64. The van der Waals surface area contributed by atoms with Crippen LogP contribution in [0.5, 0.6) is 0 Å². The maximum Gasteiger partial charge on any atom is 0.236 e. The molecule has 0 aliphatic carbocycles. The Morgan fingerprint density at radius 3 is 2.43 bits per heavy atom. The van der Waals surface area contributed by atoms with E-state index in [1.54, 1.807) is 0 Å². The molecular formula is C21H24N4O3. The number of hydrogen-bond donors (Lipinski definition) is 3. The average Bonchev–Trinajstić information content (AvgIpc) is 2.99. The van der Waals surface area contributed by atoms with E-state index in [-0.39, 0.29) is 31.2 Å². The maximum atomic E-state index is 12.2. The number of anilines is 1. The SMILES string of the molecule is CCn1c2ccccc2c2cc(NC(=O)CCCC(=O)NCC(N)=O)ccc21. The lowest BCUT2D eigenvalue weighted by Gasteiger charge is -2.07. The molecule has 3 amide bonds. The number of aromatic nitrogens is 1. The Labute approximate surface area is 162 Å². The summed E-state index contributed by atoms with van der Waals surface area (Å²) in [6.07, 6.45) is 0.788. The Morgan fingerprint density at radius 1 is 0.964 bits per heavy atom. The minimum absolute atomic E-state index is 0.152. The number of carbonyl (C=O) groups is 3. The van der Waals surface area contributed by atoms with Gasteiger partial charge in [0, 0.05) is 46.9 Å². The highest BCUT2D eigenvalue weighted by atomic mass is 16.2. The summed E-state index contributed by atoms with van der Waals surface area (Å²) in [7, 11) is 0. The van der Waals surface area contributed by atoms with Gasteiger partial charge in [0.2, 0.25) is 17.7 Å². The van der Waals surface area contributed by atoms with Crippen molar-refractivity contribution in [3.63, 3.8) is 0 Å². The van der Waals surface area contributed by atoms with Crippen LogP contribution in [0.4, 0.5) is 5.69 Å². The second kappa shape index (κ2) is 8.56. The summed E-state index contributed by atoms with van der Waals surface area (Å²) in [5.74, 6) is -1.03. The van der Waals surface area contributed by atoms with Gasteiger partial charge in [-0.1, -0.05) is 18.2 Å². The van der Waals surface area contributed by atoms with Crippen LogP contribution in [0.3, 0.4) is 0 Å². The quantitative estimate of drug-likeness (QED) is 0.559. The second-order valence-electron chi connectivity index (χ2n) is 6.64. The first-order valence-electron chi connectivity index (χ1n) is 9.35. The molecule has 0 unspecified atom stereocenters. The van der Waals surface area contributed by atoms with E-state index in [0.717, 1.165) is 28.5 Å². The minimum atomic E-state index is -0.592. The highest BCUT2D eigenvalue weighted by molar-refractivity contribution is 6.09. The van der Waals surface area contributed by atoms with Gasteiger partial charge in [-0.15, -0.1) is 0 Å². The van der Waals surface area contributed by atoms with Crippen LogP contribution in [-0.4, -0.2) is 28.8 Å². The number of fused-ring (bicyclic) bond motifs is 3. The largest absolute Gasteiger partial charge is 0.368 e. The molecule has 7 nitrogen and oxygen atoms in total. The molecule has 146 valence electrons. The number of nitrogens with one attached hydrogen (secondary N) is 2. The first-order chi connectivity index (χ1) is 13.5. The Balaban J connectivity index is 1.64. The van der Waals surface area contributed by atoms with E-state index in [2.05, 4.69) is 34.3 Å². The van der Waals surface area contributed by atoms with Crippen molar-refractivity contribution in [2.24, 2.45) is 5.73 Å². The van der Waals surface area contributed by atoms with Gasteiger partial charge < -0.3 is 20.9 Å². The minimum Gasteiger partial charge on any atom is -0.368 e. The molecule has 0 radical (unpaired) electrons. The van der Waals surface area contributed by atoms with Gasteiger partial charge in [-0.05, 0) is 37.6 Å². The number of amides is 3. The van der Waals surface area contributed by atoms with Gasteiger partial charge in [0.15, 0.2) is 0 Å². The van der Waals surface area contributed by atoms with Crippen LogP contribution in [-0.2, 0) is 20.9 Å². The predicted molar refractivity (Wildman–Crippen MR) is 110 cm³/mol. The first-order valence-corrected chi connectivity index (χ1v) is 9.35. The topological polar surface area (TPSA) is 106 Å². The number of carbonyl (C=O) groups excluding carboxylic acids is 3. The van der Waals surface area contributed by atoms with Gasteiger partial charge in [-0.3, -0.25) is 14.4 Å². The molecule has 1 heterocycles. The highest BCUT2D eigenvalue weighted by Crippen LogP contribution is 2.31. The summed E-state index contributed by atoms with van der Waals surface area (Å²) in [5, 5.41) is 7.55. The number of para-hydroxylation sites is 1. The fourth-order valence-electron chi connectivity index (χ4n) is 3.38. The van der Waals surface area contributed by atoms with E-state index in [1.807, 2.05) is 30.3 Å². The van der Waals surface area contributed by atoms with Crippen molar-refractivity contribution in [2.45, 2.75) is 32.7 Å². The molecule has 0 aliphatic rings. The predicted octanol–water partition coefficient (Wildman–Crippen LogP) is 2.52. The van der Waals surface area contributed by atoms with E-state index < -0.39 is 5.91 Å². The Bertz CT molecular complexity index is 1040. The molecule has 0 spiro atoms. The molecular weight excluding hydrogens is 356 g/mol. The van der Waals surface area contributed by atoms with Gasteiger partial charge in [0.05, 0.1) is 6.54 Å². The normalized spacial score (nSPS) is 10.9. The van der Waals surface area contributed by atoms with Gasteiger partial charge >= 0.3 is 0 Å². The molecule has 0 aliphatic heterocycles. The van der Waals surface area contributed by atoms with E-state index in [9.17, 15) is 14.4 Å².